The minimum Gasteiger partial charge on any atom is -0.470 e. The Morgan fingerprint density at radius 1 is 1.41 bits per heavy atom. The fraction of sp³-hybridized carbons (Fsp3) is 0.286. The highest BCUT2D eigenvalue weighted by Crippen LogP contribution is 2.29. The van der Waals surface area contributed by atoms with Crippen molar-refractivity contribution in [3.63, 3.8) is 0 Å². The van der Waals surface area contributed by atoms with Crippen molar-refractivity contribution in [3.8, 4) is 18.1 Å². The number of carbonyl (C=O) groups is 1. The van der Waals surface area contributed by atoms with E-state index < -0.39 is 11.0 Å². The molecule has 0 aliphatic rings. The Morgan fingerprint density at radius 2 is 2.17 bits per heavy atom. The number of nitrogens with zero attached hydrogens (tertiary/aromatic N) is 2. The molecule has 3 rings (SSSR count). The first-order valence-electron chi connectivity index (χ1n) is 8.74. The molecule has 6 nitrogen and oxygen atoms in total. The lowest BCUT2D eigenvalue weighted by Crippen LogP contribution is -2.47. The smallest absolute Gasteiger partial charge is 0.272 e. The number of aryl methyl sites for hydroxylation is 1. The summed E-state index contributed by atoms with van der Waals surface area (Å²) in [5.74, 6) is 2.88. The van der Waals surface area contributed by atoms with Crippen LogP contribution < -0.4 is 10.1 Å². The Labute approximate surface area is 181 Å². The van der Waals surface area contributed by atoms with Gasteiger partial charge in [-0.05, 0) is 66.7 Å². The molecule has 0 aliphatic heterocycles. The van der Waals surface area contributed by atoms with E-state index in [-0.39, 0.29) is 5.91 Å². The number of pyridine rings is 1. The highest BCUT2D eigenvalue weighted by atomic mass is 79.9. The molecule has 0 aliphatic carbocycles. The van der Waals surface area contributed by atoms with Crippen LogP contribution in [0.1, 0.15) is 30.7 Å². The third-order valence-corrected chi connectivity index (χ3v) is 5.64. The van der Waals surface area contributed by atoms with Gasteiger partial charge in [0.25, 0.3) is 5.91 Å². The molecule has 2 heterocycles. The van der Waals surface area contributed by atoms with Crippen LogP contribution in [0, 0.1) is 19.3 Å². The second kappa shape index (κ2) is 8.47. The molecule has 29 heavy (non-hydrogen) atoms. The maximum atomic E-state index is 12.9. The lowest BCUT2D eigenvalue weighted by Gasteiger charge is -2.27. The minimum absolute atomic E-state index is 0.273. The van der Waals surface area contributed by atoms with Crippen molar-refractivity contribution in [2.75, 3.05) is 6.26 Å². The number of ether oxygens (including phenoxy) is 1. The molecule has 3 aromatic rings. The van der Waals surface area contributed by atoms with Gasteiger partial charge < -0.3 is 14.6 Å². The molecule has 0 saturated carbocycles. The molecule has 1 atom stereocenters. The van der Waals surface area contributed by atoms with Crippen LogP contribution in [-0.4, -0.2) is 27.7 Å². The lowest BCUT2D eigenvalue weighted by molar-refractivity contribution is -0.126. The molecule has 0 saturated heterocycles. The minimum atomic E-state index is -0.749. The number of carbonyl (C=O) groups excluding carboxylic acids is 1. The van der Waals surface area contributed by atoms with Crippen LogP contribution in [0.2, 0.25) is 0 Å². The van der Waals surface area contributed by atoms with Crippen molar-refractivity contribution < 1.29 is 14.1 Å². The number of benzene rings is 1. The number of hydrogen-bond donors (Lipinski definition) is 1. The van der Waals surface area contributed by atoms with Crippen molar-refractivity contribution in [2.45, 2.75) is 31.7 Å². The number of halogens is 1. The second-order valence-corrected chi connectivity index (χ2v) is 8.74. The molecule has 1 amide bonds. The van der Waals surface area contributed by atoms with E-state index in [0.717, 1.165) is 16.5 Å². The molecule has 0 radical (unpaired) electrons. The first-order valence-corrected chi connectivity index (χ1v) is 10.8. The summed E-state index contributed by atoms with van der Waals surface area (Å²) in [4.78, 5) is 17.3. The predicted molar refractivity (Wildman–Crippen MR) is 118 cm³/mol. The Morgan fingerprint density at radius 3 is 2.79 bits per heavy atom. The van der Waals surface area contributed by atoms with Crippen molar-refractivity contribution in [2.24, 2.45) is 0 Å². The standard InChI is InChI=1S/C21H20BrN3O3S/c1-6-13-8-14-9-15(7-12(2)17(14)23-10-13)28-20(29-5)19(26)24-21(3,4)18-16(22)11-27-25-18/h1,7-11,20H,2-5H3,(H,24,26). The fourth-order valence-corrected chi connectivity index (χ4v) is 4.07. The fourth-order valence-electron chi connectivity index (χ4n) is 2.94. The van der Waals surface area contributed by atoms with E-state index >= 15 is 0 Å². The molecule has 1 aromatic carbocycles. The first kappa shape index (κ1) is 21.2. The second-order valence-electron chi connectivity index (χ2n) is 6.99. The molecule has 8 heteroatoms. The third-order valence-electron chi connectivity index (χ3n) is 4.34. The van der Waals surface area contributed by atoms with Gasteiger partial charge in [-0.1, -0.05) is 11.1 Å². The van der Waals surface area contributed by atoms with Gasteiger partial charge in [-0.3, -0.25) is 9.78 Å². The van der Waals surface area contributed by atoms with Crippen LogP contribution in [0.4, 0.5) is 0 Å². The monoisotopic (exact) mass is 473 g/mol. The number of terminal acetylenes is 1. The molecular formula is C21H20BrN3O3S. The molecule has 0 fully saturated rings. The lowest BCUT2D eigenvalue weighted by atomic mass is 10.0. The van der Waals surface area contributed by atoms with Crippen LogP contribution in [0.3, 0.4) is 0 Å². The molecular weight excluding hydrogens is 454 g/mol. The van der Waals surface area contributed by atoms with E-state index in [9.17, 15) is 4.79 Å². The summed E-state index contributed by atoms with van der Waals surface area (Å²) in [6.45, 7) is 5.63. The average Bonchev–Trinajstić information content (AvgIpc) is 3.12. The molecule has 2 aromatic heterocycles. The summed E-state index contributed by atoms with van der Waals surface area (Å²) < 4.78 is 11.6. The number of thioether (sulfide) groups is 1. The van der Waals surface area contributed by atoms with Gasteiger partial charge in [-0.25, -0.2) is 0 Å². The first-order chi connectivity index (χ1) is 13.7. The van der Waals surface area contributed by atoms with E-state index in [1.54, 1.807) is 6.20 Å². The molecule has 1 unspecified atom stereocenters. The van der Waals surface area contributed by atoms with Crippen molar-refractivity contribution in [1.82, 2.24) is 15.5 Å². The SMILES string of the molecule is C#Cc1cnc2c(C)cc(OC(SC)C(=O)NC(C)(C)c3nocc3Br)cc2c1. The van der Waals surface area contributed by atoms with E-state index in [1.807, 2.05) is 45.2 Å². The van der Waals surface area contributed by atoms with Crippen LogP contribution in [0.15, 0.2) is 39.7 Å². The van der Waals surface area contributed by atoms with Crippen molar-refractivity contribution in [3.05, 3.63) is 52.0 Å². The zero-order valence-electron chi connectivity index (χ0n) is 16.4. The summed E-state index contributed by atoms with van der Waals surface area (Å²) >= 11 is 4.67. The van der Waals surface area contributed by atoms with Gasteiger partial charge >= 0.3 is 0 Å². The molecule has 0 bridgehead atoms. The maximum absolute atomic E-state index is 12.9. The van der Waals surface area contributed by atoms with Crippen LogP contribution in [-0.2, 0) is 10.3 Å². The number of rotatable bonds is 6. The van der Waals surface area contributed by atoms with Gasteiger partial charge in [0.2, 0.25) is 5.44 Å². The molecule has 150 valence electrons. The summed E-state index contributed by atoms with van der Waals surface area (Å²) in [6.07, 6.45) is 10.4. The summed E-state index contributed by atoms with van der Waals surface area (Å²) in [7, 11) is 0. The highest BCUT2D eigenvalue weighted by molar-refractivity contribution is 9.10. The van der Waals surface area contributed by atoms with Gasteiger partial charge in [0.1, 0.15) is 17.7 Å². The Hall–Kier alpha value is -2.50. The van der Waals surface area contributed by atoms with Crippen LogP contribution >= 0.6 is 27.7 Å². The average molecular weight is 474 g/mol. The Balaban J connectivity index is 1.83. The third kappa shape index (κ3) is 4.57. The summed E-state index contributed by atoms with van der Waals surface area (Å²) in [5.41, 5.74) is 1.58. The molecule has 0 spiro atoms. The van der Waals surface area contributed by atoms with Gasteiger partial charge in [0.05, 0.1) is 15.5 Å². The van der Waals surface area contributed by atoms with Gasteiger partial charge in [-0.15, -0.1) is 18.2 Å². The number of hydrogen-bond acceptors (Lipinski definition) is 6. The van der Waals surface area contributed by atoms with Crippen LogP contribution in [0.5, 0.6) is 5.75 Å². The van der Waals surface area contributed by atoms with Crippen LogP contribution in [0.25, 0.3) is 10.9 Å². The highest BCUT2D eigenvalue weighted by Gasteiger charge is 2.32. The van der Waals surface area contributed by atoms with E-state index in [0.29, 0.717) is 21.5 Å². The maximum Gasteiger partial charge on any atom is 0.272 e. The van der Waals surface area contributed by atoms with E-state index in [2.05, 4.69) is 37.3 Å². The van der Waals surface area contributed by atoms with Gasteiger partial charge in [0.15, 0.2) is 0 Å². The van der Waals surface area contributed by atoms with Gasteiger partial charge in [-0.2, -0.15) is 0 Å². The zero-order valence-corrected chi connectivity index (χ0v) is 18.8. The summed E-state index contributed by atoms with van der Waals surface area (Å²) in [6, 6.07) is 5.58. The van der Waals surface area contributed by atoms with Crippen molar-refractivity contribution >= 4 is 44.5 Å². The molecule has 1 N–H and O–H groups in total. The number of nitrogens with one attached hydrogen (secondary N) is 1. The van der Waals surface area contributed by atoms with E-state index in [4.69, 9.17) is 15.7 Å². The Bertz CT molecular complexity index is 1100. The van der Waals surface area contributed by atoms with E-state index in [1.165, 1.54) is 18.0 Å². The predicted octanol–water partition coefficient (Wildman–Crippen LogP) is 4.39. The number of fused-ring (bicyclic) bond motifs is 1. The zero-order chi connectivity index (χ0) is 21.2. The number of aromatic nitrogens is 2. The quantitative estimate of drug-likeness (QED) is 0.422. The Kier molecular flexibility index (Phi) is 6.20. The van der Waals surface area contributed by atoms with Gasteiger partial charge in [0, 0.05) is 17.1 Å². The normalized spacial score (nSPS) is 12.4. The summed E-state index contributed by atoms with van der Waals surface area (Å²) in [5, 5.41) is 7.79. The number of amides is 1. The largest absolute Gasteiger partial charge is 0.470 e. The van der Waals surface area contributed by atoms with Crippen molar-refractivity contribution in [1.29, 1.82) is 0 Å². The topological polar surface area (TPSA) is 77.2 Å².